The second kappa shape index (κ2) is 8.82. The van der Waals surface area contributed by atoms with Crippen molar-refractivity contribution in [2.45, 2.75) is 20.0 Å². The smallest absolute Gasteiger partial charge is 0.346 e. The normalized spacial score (nSPS) is 13.1. The second-order valence-electron chi connectivity index (χ2n) is 7.38. The Kier molecular flexibility index (Phi) is 6.05. The van der Waals surface area contributed by atoms with Gasteiger partial charge in [-0.1, -0.05) is 0 Å². The molecule has 2 aromatic carbocycles. The number of halogens is 3. The molecule has 0 fully saturated rings. The first-order valence-electron chi connectivity index (χ1n) is 9.78. The van der Waals surface area contributed by atoms with Crippen molar-refractivity contribution in [3.05, 3.63) is 74.2 Å². The number of aromatic carboxylic acids is 1. The Hall–Kier alpha value is -3.86. The van der Waals surface area contributed by atoms with E-state index < -0.39 is 47.5 Å². The molecule has 4 rings (SSSR count). The molecule has 0 saturated heterocycles. The molecule has 176 valence electrons. The predicted octanol–water partition coefficient (Wildman–Crippen LogP) is 4.49. The van der Waals surface area contributed by atoms with Crippen LogP contribution in [-0.2, 0) is 17.8 Å². The summed E-state index contributed by atoms with van der Waals surface area (Å²) in [6, 6.07) is 4.23. The summed E-state index contributed by atoms with van der Waals surface area (Å²) in [7, 11) is 1.27. The van der Waals surface area contributed by atoms with Crippen LogP contribution in [0.2, 0.25) is 0 Å². The van der Waals surface area contributed by atoms with Gasteiger partial charge in [-0.25, -0.2) is 22.9 Å². The van der Waals surface area contributed by atoms with Gasteiger partial charge in [0.2, 0.25) is 5.91 Å². The van der Waals surface area contributed by atoms with E-state index in [1.165, 1.54) is 25.5 Å². The third-order valence-electron chi connectivity index (χ3n) is 5.30. The van der Waals surface area contributed by atoms with Crippen molar-refractivity contribution in [3.8, 4) is 11.5 Å². The molecule has 0 atom stereocenters. The molecule has 34 heavy (non-hydrogen) atoms. The van der Waals surface area contributed by atoms with Gasteiger partial charge in [0.15, 0.2) is 11.6 Å². The van der Waals surface area contributed by atoms with Crippen LogP contribution in [-0.4, -0.2) is 30.0 Å². The minimum Gasteiger partial charge on any atom is -0.496 e. The van der Waals surface area contributed by atoms with E-state index in [-0.39, 0.29) is 45.1 Å². The maximum absolute atomic E-state index is 14.9. The molecule has 11 heteroatoms. The van der Waals surface area contributed by atoms with Crippen LogP contribution >= 0.6 is 11.3 Å². The summed E-state index contributed by atoms with van der Waals surface area (Å²) in [4.78, 5) is 37.5. The minimum atomic E-state index is -1.34. The zero-order valence-electron chi connectivity index (χ0n) is 17.8. The highest BCUT2D eigenvalue weighted by Gasteiger charge is 2.38. The lowest BCUT2D eigenvalue weighted by atomic mass is 10.00. The molecule has 1 N–H and O–H groups in total. The third-order valence-corrected chi connectivity index (χ3v) is 6.32. The van der Waals surface area contributed by atoms with E-state index >= 15 is 0 Å². The van der Waals surface area contributed by atoms with Crippen LogP contribution in [0.15, 0.2) is 29.6 Å². The Balaban J connectivity index is 1.71. The first-order chi connectivity index (χ1) is 16.1. The van der Waals surface area contributed by atoms with Crippen LogP contribution in [0.3, 0.4) is 0 Å². The Bertz CT molecular complexity index is 1350. The maximum atomic E-state index is 14.9. The number of rotatable bonds is 6. The van der Waals surface area contributed by atoms with Gasteiger partial charge in [-0.3, -0.25) is 9.59 Å². The van der Waals surface area contributed by atoms with Gasteiger partial charge in [-0.15, -0.1) is 11.3 Å². The van der Waals surface area contributed by atoms with Crippen LogP contribution in [0, 0.1) is 24.4 Å². The number of hydrogen-bond acceptors (Lipinski definition) is 6. The van der Waals surface area contributed by atoms with Gasteiger partial charge in [0.1, 0.15) is 28.8 Å². The van der Waals surface area contributed by atoms with Gasteiger partial charge in [0.25, 0.3) is 5.91 Å². The van der Waals surface area contributed by atoms with E-state index in [0.29, 0.717) is 4.90 Å². The molecule has 0 radical (unpaired) electrons. The van der Waals surface area contributed by atoms with Gasteiger partial charge in [-0.2, -0.15) is 0 Å². The fourth-order valence-corrected chi connectivity index (χ4v) is 4.54. The summed E-state index contributed by atoms with van der Waals surface area (Å²) >= 11 is 0.802. The lowest BCUT2D eigenvalue weighted by molar-refractivity contribution is -0.117. The van der Waals surface area contributed by atoms with Crippen LogP contribution in [0.25, 0.3) is 0 Å². The number of aryl methyl sites for hydroxylation is 1. The number of benzene rings is 2. The molecule has 2 heterocycles. The number of carboxylic acids is 1. The summed E-state index contributed by atoms with van der Waals surface area (Å²) in [5.74, 6) is -6.24. The Morgan fingerprint density at radius 2 is 1.88 bits per heavy atom. The molecule has 7 nitrogen and oxygen atoms in total. The van der Waals surface area contributed by atoms with Crippen LogP contribution in [0.4, 0.5) is 18.9 Å². The van der Waals surface area contributed by atoms with E-state index in [1.807, 2.05) is 0 Å². The Morgan fingerprint density at radius 1 is 1.15 bits per heavy atom. The van der Waals surface area contributed by atoms with E-state index in [0.717, 1.165) is 29.5 Å². The molecule has 1 aromatic heterocycles. The standard InChI is InChI=1S/C23H16F3NO6S/c1-10-5-14(25)15(7-17(10)33-8-12-16(32-2)4-3-13(24)20(12)26)27-18(28)6-11-9-34-21(23(30)31)19(11)22(27)29/h3-5,7,9H,6,8H2,1-2H3,(H,30,31). The number of anilines is 1. The van der Waals surface area contributed by atoms with Gasteiger partial charge >= 0.3 is 5.97 Å². The largest absolute Gasteiger partial charge is 0.496 e. The highest BCUT2D eigenvalue weighted by molar-refractivity contribution is 7.12. The summed E-state index contributed by atoms with van der Waals surface area (Å²) < 4.78 is 53.4. The zero-order chi connectivity index (χ0) is 24.7. The lowest BCUT2D eigenvalue weighted by Gasteiger charge is -2.26. The minimum absolute atomic E-state index is 0.00251. The van der Waals surface area contributed by atoms with E-state index in [1.54, 1.807) is 0 Å². The molecule has 0 aliphatic carbocycles. The molecular weight excluding hydrogens is 475 g/mol. The molecule has 0 bridgehead atoms. The van der Waals surface area contributed by atoms with Crippen molar-refractivity contribution < 1.29 is 42.1 Å². The molecule has 0 unspecified atom stereocenters. The molecule has 2 amide bonds. The van der Waals surface area contributed by atoms with Crippen LogP contribution in [0.5, 0.6) is 11.5 Å². The SMILES string of the molecule is COc1ccc(F)c(F)c1COc1cc(N2C(=O)Cc3csc(C(=O)O)c3C2=O)c(F)cc1C. The third kappa shape index (κ3) is 3.87. The zero-order valence-corrected chi connectivity index (χ0v) is 18.6. The number of nitrogens with zero attached hydrogens (tertiary/aromatic N) is 1. The van der Waals surface area contributed by atoms with Gasteiger partial charge < -0.3 is 14.6 Å². The van der Waals surface area contributed by atoms with Gasteiger partial charge in [-0.05, 0) is 41.6 Å². The molecule has 0 saturated carbocycles. The monoisotopic (exact) mass is 491 g/mol. The van der Waals surface area contributed by atoms with Crippen molar-refractivity contribution in [2.75, 3.05) is 12.0 Å². The molecule has 1 aliphatic heterocycles. The van der Waals surface area contributed by atoms with Gasteiger partial charge in [0, 0.05) is 6.07 Å². The number of carbonyl (C=O) groups excluding carboxylic acids is 2. The molecule has 0 spiro atoms. The highest BCUT2D eigenvalue weighted by Crippen LogP contribution is 2.36. The van der Waals surface area contributed by atoms with Crippen molar-refractivity contribution in [3.63, 3.8) is 0 Å². The number of hydrogen-bond donors (Lipinski definition) is 1. The number of carbonyl (C=O) groups is 3. The molecular formula is C23H16F3NO6S. The van der Waals surface area contributed by atoms with Crippen molar-refractivity contribution in [1.29, 1.82) is 0 Å². The van der Waals surface area contributed by atoms with E-state index in [4.69, 9.17) is 9.47 Å². The number of thiophene rings is 1. The first kappa shape index (κ1) is 23.3. The average Bonchev–Trinajstić information content (AvgIpc) is 3.21. The predicted molar refractivity (Wildman–Crippen MR) is 115 cm³/mol. The lowest BCUT2D eigenvalue weighted by Crippen LogP contribution is -2.43. The number of carboxylic acid groups (broad SMARTS) is 1. The molecule has 1 aliphatic rings. The van der Waals surface area contributed by atoms with Crippen molar-refractivity contribution in [1.82, 2.24) is 0 Å². The quantitative estimate of drug-likeness (QED) is 0.511. The summed E-state index contributed by atoms with van der Waals surface area (Å²) in [5.41, 5.74) is -0.323. The van der Waals surface area contributed by atoms with Crippen molar-refractivity contribution >= 4 is 34.8 Å². The first-order valence-corrected chi connectivity index (χ1v) is 10.7. The number of methoxy groups -OCH3 is 1. The number of fused-ring (bicyclic) bond motifs is 1. The topological polar surface area (TPSA) is 93.1 Å². The van der Waals surface area contributed by atoms with E-state index in [9.17, 15) is 32.7 Å². The van der Waals surface area contributed by atoms with E-state index in [2.05, 4.69) is 0 Å². The van der Waals surface area contributed by atoms with Crippen LogP contribution in [0.1, 0.15) is 36.7 Å². The summed E-state index contributed by atoms with van der Waals surface area (Å²) in [6.45, 7) is 0.999. The average molecular weight is 491 g/mol. The molecule has 3 aromatic rings. The van der Waals surface area contributed by atoms with Gasteiger partial charge in [0.05, 0.1) is 30.3 Å². The fraction of sp³-hybridized carbons (Fsp3) is 0.174. The summed E-state index contributed by atoms with van der Waals surface area (Å²) in [6.07, 6.45) is -0.292. The maximum Gasteiger partial charge on any atom is 0.346 e. The summed E-state index contributed by atoms with van der Waals surface area (Å²) in [5, 5.41) is 10.8. The highest BCUT2D eigenvalue weighted by atomic mass is 32.1. The fourth-order valence-electron chi connectivity index (χ4n) is 3.65. The van der Waals surface area contributed by atoms with Crippen molar-refractivity contribution in [2.24, 2.45) is 0 Å². The number of ether oxygens (including phenoxy) is 2. The number of imide groups is 1. The Labute approximate surface area is 194 Å². The number of amides is 2. The second-order valence-corrected chi connectivity index (χ2v) is 8.26. The Morgan fingerprint density at radius 3 is 2.56 bits per heavy atom. The van der Waals surface area contributed by atoms with Crippen LogP contribution < -0.4 is 14.4 Å².